The largest absolute Gasteiger partial charge is 0.320 e. The van der Waals surface area contributed by atoms with Gasteiger partial charge >= 0.3 is 0 Å². The van der Waals surface area contributed by atoms with Crippen molar-refractivity contribution in [3.63, 3.8) is 0 Å². The van der Waals surface area contributed by atoms with E-state index in [1.807, 2.05) is 13.0 Å². The fourth-order valence-electron chi connectivity index (χ4n) is 1.56. The third kappa shape index (κ3) is 2.98. The first-order valence-corrected chi connectivity index (χ1v) is 6.33. The number of nitrogens with one attached hydrogen (secondary N) is 1. The number of aromatic nitrogens is 1. The van der Waals surface area contributed by atoms with Crippen LogP contribution in [0.5, 0.6) is 0 Å². The van der Waals surface area contributed by atoms with E-state index in [2.05, 4.69) is 26.2 Å². The van der Waals surface area contributed by atoms with Gasteiger partial charge in [-0.3, -0.25) is 4.79 Å². The number of benzene rings is 1. The Morgan fingerprint density at radius 2 is 2.21 bits per heavy atom. The van der Waals surface area contributed by atoms with Crippen LogP contribution in [0.1, 0.15) is 21.6 Å². The lowest BCUT2D eigenvalue weighted by Gasteiger charge is -2.09. The predicted octanol–water partition coefficient (Wildman–Crippen LogP) is 3.28. The van der Waals surface area contributed by atoms with Crippen molar-refractivity contribution in [1.29, 1.82) is 5.26 Å². The number of carbonyl (C=O) groups excluding carboxylic acids is 1. The van der Waals surface area contributed by atoms with Crippen LogP contribution in [0.3, 0.4) is 0 Å². The van der Waals surface area contributed by atoms with E-state index >= 15 is 0 Å². The van der Waals surface area contributed by atoms with E-state index in [-0.39, 0.29) is 5.91 Å². The van der Waals surface area contributed by atoms with Gasteiger partial charge in [-0.1, -0.05) is 6.07 Å². The number of nitrogens with zero attached hydrogens (tertiary/aromatic N) is 2. The van der Waals surface area contributed by atoms with Crippen molar-refractivity contribution >= 4 is 27.5 Å². The van der Waals surface area contributed by atoms with Gasteiger partial charge in [0.15, 0.2) is 0 Å². The first-order chi connectivity index (χ1) is 9.11. The van der Waals surface area contributed by atoms with Gasteiger partial charge in [0, 0.05) is 16.4 Å². The molecule has 0 spiro atoms. The maximum atomic E-state index is 12.1. The second kappa shape index (κ2) is 5.63. The fourth-order valence-corrected chi connectivity index (χ4v) is 2.00. The third-order valence-corrected chi connectivity index (χ3v) is 3.23. The monoisotopic (exact) mass is 315 g/mol. The molecule has 0 aliphatic heterocycles. The van der Waals surface area contributed by atoms with Crippen LogP contribution < -0.4 is 5.32 Å². The summed E-state index contributed by atoms with van der Waals surface area (Å²) in [5.74, 6) is -0.314. The predicted molar refractivity (Wildman–Crippen MR) is 75.8 cm³/mol. The Morgan fingerprint density at radius 1 is 1.42 bits per heavy atom. The molecule has 1 aromatic carbocycles. The van der Waals surface area contributed by atoms with Gasteiger partial charge in [0.1, 0.15) is 5.69 Å². The lowest BCUT2D eigenvalue weighted by Crippen LogP contribution is -2.15. The summed E-state index contributed by atoms with van der Waals surface area (Å²) in [6.07, 6.45) is 1.55. The van der Waals surface area contributed by atoms with Crippen LogP contribution in [0, 0.1) is 18.3 Å². The Morgan fingerprint density at radius 3 is 2.89 bits per heavy atom. The molecule has 19 heavy (non-hydrogen) atoms. The summed E-state index contributed by atoms with van der Waals surface area (Å²) in [5.41, 5.74) is 2.31. The number of anilines is 1. The van der Waals surface area contributed by atoms with Crippen molar-refractivity contribution in [3.05, 3.63) is 57.8 Å². The van der Waals surface area contributed by atoms with Gasteiger partial charge in [0.2, 0.25) is 0 Å². The molecule has 0 radical (unpaired) electrons. The molecule has 0 unspecified atom stereocenters. The van der Waals surface area contributed by atoms with Crippen LogP contribution >= 0.6 is 15.9 Å². The van der Waals surface area contributed by atoms with Crippen LogP contribution in [0.15, 0.2) is 41.0 Å². The molecule has 0 aliphatic rings. The molecule has 0 saturated heterocycles. The van der Waals surface area contributed by atoms with Crippen molar-refractivity contribution in [3.8, 4) is 6.07 Å². The molecule has 1 amide bonds. The smallest absolute Gasteiger partial charge is 0.275 e. The number of aryl methyl sites for hydroxylation is 1. The molecular formula is C14H10BrN3O. The Kier molecular flexibility index (Phi) is 3.93. The van der Waals surface area contributed by atoms with E-state index in [1.54, 1.807) is 36.5 Å². The van der Waals surface area contributed by atoms with Crippen molar-refractivity contribution in [1.82, 2.24) is 4.98 Å². The summed E-state index contributed by atoms with van der Waals surface area (Å²) in [6.45, 7) is 1.87. The Bertz CT molecular complexity index is 677. The van der Waals surface area contributed by atoms with Gasteiger partial charge < -0.3 is 5.32 Å². The molecule has 0 atom stereocenters. The molecule has 2 aromatic rings. The van der Waals surface area contributed by atoms with Crippen LogP contribution in [0.25, 0.3) is 0 Å². The highest BCUT2D eigenvalue weighted by molar-refractivity contribution is 9.10. The zero-order valence-electron chi connectivity index (χ0n) is 10.1. The SMILES string of the molecule is Cc1ccc(C#N)cc1NC(=O)c1ncccc1Br. The highest BCUT2D eigenvalue weighted by atomic mass is 79.9. The van der Waals surface area contributed by atoms with Crippen molar-refractivity contribution < 1.29 is 4.79 Å². The summed E-state index contributed by atoms with van der Waals surface area (Å²) >= 11 is 3.28. The standard InChI is InChI=1S/C14H10BrN3O/c1-9-4-5-10(8-16)7-12(9)18-14(19)13-11(15)3-2-6-17-13/h2-7H,1H3,(H,18,19). The summed E-state index contributed by atoms with van der Waals surface area (Å²) in [5, 5.41) is 11.6. The minimum Gasteiger partial charge on any atom is -0.320 e. The number of halogens is 1. The molecule has 1 aromatic heterocycles. The number of hydrogen-bond acceptors (Lipinski definition) is 3. The van der Waals surface area contributed by atoms with Gasteiger partial charge in [-0.25, -0.2) is 4.98 Å². The van der Waals surface area contributed by atoms with E-state index in [1.165, 1.54) is 0 Å². The Balaban J connectivity index is 2.30. The first-order valence-electron chi connectivity index (χ1n) is 5.54. The van der Waals surface area contributed by atoms with Gasteiger partial charge in [0.25, 0.3) is 5.91 Å². The zero-order valence-corrected chi connectivity index (χ0v) is 11.7. The van der Waals surface area contributed by atoms with Gasteiger partial charge in [-0.2, -0.15) is 5.26 Å². The van der Waals surface area contributed by atoms with E-state index in [9.17, 15) is 4.79 Å². The Hall–Kier alpha value is -2.19. The molecular weight excluding hydrogens is 306 g/mol. The fraction of sp³-hybridized carbons (Fsp3) is 0.0714. The molecule has 0 saturated carbocycles. The molecule has 0 bridgehead atoms. The van der Waals surface area contributed by atoms with Crippen LogP contribution in [-0.4, -0.2) is 10.9 Å². The van der Waals surface area contributed by atoms with Crippen LogP contribution in [-0.2, 0) is 0 Å². The third-order valence-electron chi connectivity index (χ3n) is 2.59. The minimum absolute atomic E-state index is 0.310. The maximum absolute atomic E-state index is 12.1. The zero-order chi connectivity index (χ0) is 13.8. The molecule has 0 aliphatic carbocycles. The number of nitriles is 1. The number of rotatable bonds is 2. The molecule has 94 valence electrons. The highest BCUT2D eigenvalue weighted by Gasteiger charge is 2.12. The van der Waals surface area contributed by atoms with E-state index in [0.29, 0.717) is 21.4 Å². The summed E-state index contributed by atoms with van der Waals surface area (Å²) < 4.78 is 0.626. The van der Waals surface area contributed by atoms with Crippen LogP contribution in [0.2, 0.25) is 0 Å². The highest BCUT2D eigenvalue weighted by Crippen LogP contribution is 2.19. The number of hydrogen-bond donors (Lipinski definition) is 1. The number of pyridine rings is 1. The summed E-state index contributed by atoms with van der Waals surface area (Å²) in [7, 11) is 0. The van der Waals surface area contributed by atoms with Gasteiger partial charge in [-0.15, -0.1) is 0 Å². The summed E-state index contributed by atoms with van der Waals surface area (Å²) in [6, 6.07) is 10.7. The topological polar surface area (TPSA) is 65.8 Å². The lowest BCUT2D eigenvalue weighted by molar-refractivity contribution is 0.102. The minimum atomic E-state index is -0.314. The van der Waals surface area contributed by atoms with Crippen molar-refractivity contribution in [2.75, 3.05) is 5.32 Å². The van der Waals surface area contributed by atoms with E-state index in [4.69, 9.17) is 5.26 Å². The average Bonchev–Trinajstić information content (AvgIpc) is 2.41. The number of carbonyl (C=O) groups is 1. The van der Waals surface area contributed by atoms with Crippen molar-refractivity contribution in [2.24, 2.45) is 0 Å². The molecule has 1 heterocycles. The normalized spacial score (nSPS) is 9.74. The first kappa shape index (κ1) is 13.2. The van der Waals surface area contributed by atoms with Gasteiger partial charge in [-0.05, 0) is 52.7 Å². The van der Waals surface area contributed by atoms with Gasteiger partial charge in [0.05, 0.1) is 11.6 Å². The van der Waals surface area contributed by atoms with Crippen molar-refractivity contribution in [2.45, 2.75) is 6.92 Å². The quantitative estimate of drug-likeness (QED) is 0.924. The van der Waals surface area contributed by atoms with E-state index < -0.39 is 0 Å². The molecule has 1 N–H and O–H groups in total. The Labute approximate surface area is 119 Å². The maximum Gasteiger partial charge on any atom is 0.275 e. The molecule has 5 heteroatoms. The second-order valence-corrected chi connectivity index (χ2v) is 4.78. The second-order valence-electron chi connectivity index (χ2n) is 3.93. The molecule has 4 nitrogen and oxygen atoms in total. The summed E-state index contributed by atoms with van der Waals surface area (Å²) in [4.78, 5) is 16.1. The lowest BCUT2D eigenvalue weighted by atomic mass is 10.1. The van der Waals surface area contributed by atoms with E-state index in [0.717, 1.165) is 5.56 Å². The van der Waals surface area contributed by atoms with Crippen LogP contribution in [0.4, 0.5) is 5.69 Å². The average molecular weight is 316 g/mol. The molecule has 2 rings (SSSR count). The number of amides is 1. The molecule has 0 fully saturated rings.